The van der Waals surface area contributed by atoms with Crippen LogP contribution in [-0.4, -0.2) is 29.2 Å². The molecule has 9 heteroatoms. The van der Waals surface area contributed by atoms with Crippen LogP contribution in [0.2, 0.25) is 5.02 Å². The Labute approximate surface area is 165 Å². The molecule has 1 aromatic heterocycles. The van der Waals surface area contributed by atoms with Gasteiger partial charge < -0.3 is 14.6 Å². The largest absolute Gasteiger partial charge is 0.452 e. The molecule has 1 aliphatic carbocycles. The Morgan fingerprint density at radius 3 is 2.82 bits per heavy atom. The molecule has 3 rings (SSSR count). The third-order valence-electron chi connectivity index (χ3n) is 4.63. The van der Waals surface area contributed by atoms with Crippen molar-refractivity contribution in [1.82, 2.24) is 10.5 Å². The number of carbonyl (C=O) groups is 2. The van der Waals surface area contributed by atoms with Crippen molar-refractivity contribution >= 4 is 23.5 Å². The molecule has 0 bridgehead atoms. The molecule has 0 unspecified atom stereocenters. The Bertz CT molecular complexity index is 960. The van der Waals surface area contributed by atoms with Gasteiger partial charge in [0.25, 0.3) is 5.91 Å². The summed E-state index contributed by atoms with van der Waals surface area (Å²) in [5.74, 6) is -2.01. The monoisotopic (exact) mass is 405 g/mol. The summed E-state index contributed by atoms with van der Waals surface area (Å²) < 4.78 is 24.2. The number of nitrogens with zero attached hydrogens (tertiary/aromatic N) is 2. The minimum Gasteiger partial charge on any atom is -0.452 e. The summed E-state index contributed by atoms with van der Waals surface area (Å²) in [7, 11) is 0. The van der Waals surface area contributed by atoms with Gasteiger partial charge in [-0.3, -0.25) is 4.79 Å². The number of benzene rings is 1. The summed E-state index contributed by atoms with van der Waals surface area (Å²) >= 11 is 6.03. The average Bonchev–Trinajstić information content (AvgIpc) is 3.44. The molecule has 1 heterocycles. The topological polar surface area (TPSA) is 105 Å². The highest BCUT2D eigenvalue weighted by molar-refractivity contribution is 6.33. The first-order chi connectivity index (χ1) is 13.3. The third-order valence-corrected chi connectivity index (χ3v) is 4.94. The van der Waals surface area contributed by atoms with Crippen LogP contribution in [0, 0.1) is 30.0 Å². The maximum Gasteiger partial charge on any atom is 0.344 e. The zero-order valence-corrected chi connectivity index (χ0v) is 16.0. The molecule has 1 saturated carbocycles. The van der Waals surface area contributed by atoms with E-state index in [1.165, 1.54) is 25.1 Å². The maximum absolute atomic E-state index is 14.2. The van der Waals surface area contributed by atoms with Crippen molar-refractivity contribution in [1.29, 1.82) is 5.26 Å². The van der Waals surface area contributed by atoms with Crippen molar-refractivity contribution in [3.63, 3.8) is 0 Å². The quantitative estimate of drug-likeness (QED) is 0.738. The zero-order chi connectivity index (χ0) is 20.5. The number of hydrogen-bond acceptors (Lipinski definition) is 6. The fourth-order valence-electron chi connectivity index (χ4n) is 2.92. The number of esters is 1. The Kier molecular flexibility index (Phi) is 5.38. The van der Waals surface area contributed by atoms with Crippen molar-refractivity contribution in [2.45, 2.75) is 32.2 Å². The predicted octanol–water partition coefficient (Wildman–Crippen LogP) is 3.41. The van der Waals surface area contributed by atoms with Gasteiger partial charge in [-0.25, -0.2) is 9.18 Å². The van der Waals surface area contributed by atoms with Crippen LogP contribution in [0.1, 0.15) is 35.9 Å². The van der Waals surface area contributed by atoms with Gasteiger partial charge in [0.05, 0.1) is 16.7 Å². The number of nitriles is 1. The molecule has 0 aliphatic heterocycles. The van der Waals surface area contributed by atoms with E-state index >= 15 is 0 Å². The van der Waals surface area contributed by atoms with Gasteiger partial charge >= 0.3 is 5.97 Å². The summed E-state index contributed by atoms with van der Waals surface area (Å²) in [6.45, 7) is 2.49. The SMILES string of the molecule is Cc1onc(-c2c(F)cccc2Cl)c1C(=O)OCC(=O)N[C@@](C)(C#N)C1CC1. The zero-order valence-electron chi connectivity index (χ0n) is 15.2. The fraction of sp³-hybridized carbons (Fsp3) is 0.368. The molecule has 1 N–H and O–H groups in total. The summed E-state index contributed by atoms with van der Waals surface area (Å²) in [5.41, 5.74) is -1.32. The van der Waals surface area contributed by atoms with Crippen molar-refractivity contribution < 1.29 is 23.2 Å². The number of hydrogen-bond donors (Lipinski definition) is 1. The van der Waals surface area contributed by atoms with E-state index in [1.54, 1.807) is 6.92 Å². The Hall–Kier alpha value is -2.92. The average molecular weight is 406 g/mol. The fourth-order valence-corrected chi connectivity index (χ4v) is 3.17. The summed E-state index contributed by atoms with van der Waals surface area (Å²) in [6.07, 6.45) is 1.72. The van der Waals surface area contributed by atoms with E-state index < -0.39 is 29.8 Å². The van der Waals surface area contributed by atoms with Crippen LogP contribution in [0.15, 0.2) is 22.7 Å². The highest BCUT2D eigenvalue weighted by Crippen LogP contribution is 2.39. The predicted molar refractivity (Wildman–Crippen MR) is 96.8 cm³/mol. The van der Waals surface area contributed by atoms with Crippen molar-refractivity contribution in [2.75, 3.05) is 6.61 Å². The Balaban J connectivity index is 1.75. The molecule has 1 aromatic carbocycles. The summed E-state index contributed by atoms with van der Waals surface area (Å²) in [6, 6.07) is 6.13. The minimum atomic E-state index is -0.998. The molecule has 1 fully saturated rings. The number of ether oxygens (including phenoxy) is 1. The standard InChI is InChI=1S/C19H17ClFN3O4/c1-10-15(17(24-28-10)16-12(20)4-3-5-13(16)21)18(26)27-8-14(25)23-19(2,9-22)11-6-7-11/h3-5,11H,6-8H2,1-2H3,(H,23,25)/t19-/m0/s1. The number of halogens is 2. The number of rotatable bonds is 6. The Morgan fingerprint density at radius 1 is 1.50 bits per heavy atom. The molecular weight excluding hydrogens is 389 g/mol. The number of nitrogens with one attached hydrogen (secondary N) is 1. The van der Waals surface area contributed by atoms with Gasteiger partial charge in [0, 0.05) is 0 Å². The van der Waals surface area contributed by atoms with E-state index in [4.69, 9.17) is 20.9 Å². The van der Waals surface area contributed by atoms with Crippen LogP contribution < -0.4 is 5.32 Å². The molecule has 2 aromatic rings. The smallest absolute Gasteiger partial charge is 0.344 e. The molecular formula is C19H17ClFN3O4. The first-order valence-electron chi connectivity index (χ1n) is 8.57. The number of aryl methyl sites for hydroxylation is 1. The third kappa shape index (κ3) is 3.85. The van der Waals surface area contributed by atoms with Gasteiger partial charge in [0.2, 0.25) is 0 Å². The van der Waals surface area contributed by atoms with Crippen LogP contribution in [-0.2, 0) is 9.53 Å². The first kappa shape index (κ1) is 19.8. The molecule has 1 atom stereocenters. The second-order valence-electron chi connectivity index (χ2n) is 6.77. The lowest BCUT2D eigenvalue weighted by molar-refractivity contribution is -0.125. The van der Waals surface area contributed by atoms with Crippen molar-refractivity contribution in [2.24, 2.45) is 5.92 Å². The van der Waals surface area contributed by atoms with Gasteiger partial charge in [-0.05, 0) is 44.7 Å². The van der Waals surface area contributed by atoms with E-state index in [0.717, 1.165) is 12.8 Å². The molecule has 0 spiro atoms. The lowest BCUT2D eigenvalue weighted by Gasteiger charge is -2.22. The highest BCUT2D eigenvalue weighted by Gasteiger charge is 2.43. The van der Waals surface area contributed by atoms with Crippen LogP contribution in [0.25, 0.3) is 11.3 Å². The van der Waals surface area contributed by atoms with Gasteiger partial charge in [0.1, 0.15) is 28.4 Å². The van der Waals surface area contributed by atoms with Gasteiger partial charge in [-0.1, -0.05) is 22.8 Å². The van der Waals surface area contributed by atoms with E-state index in [-0.39, 0.29) is 33.5 Å². The second-order valence-corrected chi connectivity index (χ2v) is 7.18. The molecule has 1 aliphatic rings. The maximum atomic E-state index is 14.2. The number of amides is 1. The summed E-state index contributed by atoms with van der Waals surface area (Å²) in [4.78, 5) is 24.6. The molecule has 146 valence electrons. The molecule has 1 amide bonds. The van der Waals surface area contributed by atoms with Crippen LogP contribution in [0.5, 0.6) is 0 Å². The lowest BCUT2D eigenvalue weighted by Crippen LogP contribution is -2.48. The lowest BCUT2D eigenvalue weighted by atomic mass is 9.98. The molecule has 0 radical (unpaired) electrons. The van der Waals surface area contributed by atoms with E-state index in [1.807, 2.05) is 0 Å². The molecule has 28 heavy (non-hydrogen) atoms. The van der Waals surface area contributed by atoms with Crippen molar-refractivity contribution in [3.8, 4) is 17.3 Å². The molecule has 0 saturated heterocycles. The van der Waals surface area contributed by atoms with Crippen LogP contribution in [0.4, 0.5) is 4.39 Å². The second kappa shape index (κ2) is 7.60. The van der Waals surface area contributed by atoms with E-state index in [9.17, 15) is 19.2 Å². The van der Waals surface area contributed by atoms with Crippen molar-refractivity contribution in [3.05, 3.63) is 40.4 Å². The summed E-state index contributed by atoms with van der Waals surface area (Å²) in [5, 5.41) is 15.6. The van der Waals surface area contributed by atoms with E-state index in [2.05, 4.69) is 16.5 Å². The Morgan fingerprint density at radius 2 is 2.21 bits per heavy atom. The van der Waals surface area contributed by atoms with E-state index in [0.29, 0.717) is 0 Å². The minimum absolute atomic E-state index is 0.0503. The normalized spacial score (nSPS) is 15.4. The first-order valence-corrected chi connectivity index (χ1v) is 8.94. The number of carbonyl (C=O) groups excluding carboxylic acids is 2. The van der Waals surface area contributed by atoms with Gasteiger partial charge in [0.15, 0.2) is 6.61 Å². The van der Waals surface area contributed by atoms with Gasteiger partial charge in [-0.2, -0.15) is 5.26 Å². The molecule has 7 nitrogen and oxygen atoms in total. The highest BCUT2D eigenvalue weighted by atomic mass is 35.5. The van der Waals surface area contributed by atoms with Crippen LogP contribution in [0.3, 0.4) is 0 Å². The number of aromatic nitrogens is 1. The van der Waals surface area contributed by atoms with Gasteiger partial charge in [-0.15, -0.1) is 0 Å². The van der Waals surface area contributed by atoms with Crippen LogP contribution >= 0.6 is 11.6 Å².